The summed E-state index contributed by atoms with van der Waals surface area (Å²) in [6, 6.07) is 12.4. The third-order valence-corrected chi connectivity index (χ3v) is 4.40. The molecule has 0 bridgehead atoms. The van der Waals surface area contributed by atoms with Crippen LogP contribution in [0.25, 0.3) is 10.8 Å². The van der Waals surface area contributed by atoms with E-state index in [2.05, 4.69) is 24.1 Å². The summed E-state index contributed by atoms with van der Waals surface area (Å²) in [5, 5.41) is 12.5. The SMILES string of the molecule is CN(Cc1c(O)ccc2ccccc12)C(CN)C1CC1. The van der Waals surface area contributed by atoms with Crippen LogP contribution in [0.1, 0.15) is 18.4 Å². The fraction of sp³-hybridized carbons (Fsp3) is 0.412. The summed E-state index contributed by atoms with van der Waals surface area (Å²) in [5.41, 5.74) is 6.92. The van der Waals surface area contributed by atoms with Crippen molar-refractivity contribution < 1.29 is 5.11 Å². The highest BCUT2D eigenvalue weighted by Gasteiger charge is 2.33. The van der Waals surface area contributed by atoms with Crippen LogP contribution in [0.4, 0.5) is 0 Å². The number of hydrogen-bond donors (Lipinski definition) is 2. The lowest BCUT2D eigenvalue weighted by Gasteiger charge is -2.27. The van der Waals surface area contributed by atoms with Crippen LogP contribution in [0.5, 0.6) is 5.75 Å². The molecule has 0 heterocycles. The lowest BCUT2D eigenvalue weighted by molar-refractivity contribution is 0.214. The topological polar surface area (TPSA) is 49.5 Å². The van der Waals surface area contributed by atoms with Gasteiger partial charge in [0.25, 0.3) is 0 Å². The average Bonchev–Trinajstić information content (AvgIpc) is 3.27. The van der Waals surface area contributed by atoms with Crippen LogP contribution in [0.2, 0.25) is 0 Å². The van der Waals surface area contributed by atoms with Crippen molar-refractivity contribution in [2.24, 2.45) is 11.7 Å². The summed E-state index contributed by atoms with van der Waals surface area (Å²) in [6.45, 7) is 1.43. The van der Waals surface area contributed by atoms with Crippen molar-refractivity contribution in [3.63, 3.8) is 0 Å². The monoisotopic (exact) mass is 270 g/mol. The number of rotatable bonds is 5. The predicted molar refractivity (Wildman–Crippen MR) is 82.6 cm³/mol. The van der Waals surface area contributed by atoms with Crippen molar-refractivity contribution in [3.8, 4) is 5.75 Å². The van der Waals surface area contributed by atoms with Crippen LogP contribution in [0, 0.1) is 5.92 Å². The zero-order chi connectivity index (χ0) is 14.1. The summed E-state index contributed by atoms with van der Waals surface area (Å²) < 4.78 is 0. The first-order valence-electron chi connectivity index (χ1n) is 7.30. The van der Waals surface area contributed by atoms with Gasteiger partial charge in [0.2, 0.25) is 0 Å². The smallest absolute Gasteiger partial charge is 0.120 e. The highest BCUT2D eigenvalue weighted by atomic mass is 16.3. The molecule has 0 amide bonds. The molecular weight excluding hydrogens is 248 g/mol. The van der Waals surface area contributed by atoms with E-state index >= 15 is 0 Å². The molecule has 2 aromatic carbocycles. The zero-order valence-corrected chi connectivity index (χ0v) is 11.9. The number of aromatic hydroxyl groups is 1. The summed E-state index contributed by atoms with van der Waals surface area (Å²) in [5.74, 6) is 1.12. The number of nitrogens with zero attached hydrogens (tertiary/aromatic N) is 1. The molecule has 3 heteroatoms. The van der Waals surface area contributed by atoms with E-state index in [4.69, 9.17) is 5.73 Å². The number of fused-ring (bicyclic) bond motifs is 1. The highest BCUT2D eigenvalue weighted by Crippen LogP contribution is 2.36. The van der Waals surface area contributed by atoms with Gasteiger partial charge in [-0.1, -0.05) is 30.3 Å². The van der Waals surface area contributed by atoms with Crippen molar-refractivity contribution in [1.29, 1.82) is 0 Å². The number of likely N-dealkylation sites (N-methyl/N-ethyl adjacent to an activating group) is 1. The average molecular weight is 270 g/mol. The Labute approximate surface area is 120 Å². The lowest BCUT2D eigenvalue weighted by atomic mass is 10.0. The largest absolute Gasteiger partial charge is 0.508 e. The van der Waals surface area contributed by atoms with Crippen LogP contribution >= 0.6 is 0 Å². The van der Waals surface area contributed by atoms with E-state index < -0.39 is 0 Å². The van der Waals surface area contributed by atoms with Gasteiger partial charge in [-0.15, -0.1) is 0 Å². The lowest BCUT2D eigenvalue weighted by Crippen LogP contribution is -2.39. The fourth-order valence-electron chi connectivity index (χ4n) is 3.07. The Hall–Kier alpha value is -1.58. The Balaban J connectivity index is 1.91. The number of benzene rings is 2. The first kappa shape index (κ1) is 13.4. The Morgan fingerprint density at radius 1 is 1.25 bits per heavy atom. The Kier molecular flexibility index (Phi) is 3.64. The number of nitrogens with two attached hydrogens (primary N) is 1. The molecule has 1 atom stereocenters. The van der Waals surface area contributed by atoms with Gasteiger partial charge in [0, 0.05) is 24.7 Å². The predicted octanol–water partition coefficient (Wildman–Crippen LogP) is 2.71. The third kappa shape index (κ3) is 2.51. The molecule has 2 aromatic rings. The van der Waals surface area contributed by atoms with Gasteiger partial charge in [-0.05, 0) is 42.6 Å². The van der Waals surface area contributed by atoms with Crippen LogP contribution in [-0.2, 0) is 6.54 Å². The maximum absolute atomic E-state index is 10.2. The molecule has 1 aliphatic rings. The van der Waals surface area contributed by atoms with Gasteiger partial charge >= 0.3 is 0 Å². The van der Waals surface area contributed by atoms with Gasteiger partial charge in [0.1, 0.15) is 5.75 Å². The third-order valence-electron chi connectivity index (χ3n) is 4.40. The number of hydrogen-bond acceptors (Lipinski definition) is 3. The fourth-order valence-corrected chi connectivity index (χ4v) is 3.07. The van der Waals surface area contributed by atoms with Crippen LogP contribution in [-0.4, -0.2) is 29.6 Å². The minimum atomic E-state index is 0.377. The van der Waals surface area contributed by atoms with Crippen molar-refractivity contribution >= 4 is 10.8 Å². The van der Waals surface area contributed by atoms with E-state index in [1.54, 1.807) is 6.07 Å². The van der Waals surface area contributed by atoms with E-state index in [0.29, 0.717) is 18.3 Å². The van der Waals surface area contributed by atoms with Crippen LogP contribution < -0.4 is 5.73 Å². The van der Waals surface area contributed by atoms with E-state index in [1.807, 2.05) is 18.2 Å². The van der Waals surface area contributed by atoms with Crippen molar-refractivity contribution in [2.75, 3.05) is 13.6 Å². The highest BCUT2D eigenvalue weighted by molar-refractivity contribution is 5.87. The van der Waals surface area contributed by atoms with Gasteiger partial charge in [-0.2, -0.15) is 0 Å². The Morgan fingerprint density at radius 2 is 2.00 bits per heavy atom. The molecule has 1 saturated carbocycles. The zero-order valence-electron chi connectivity index (χ0n) is 11.9. The number of phenolic OH excluding ortho intramolecular Hbond substituents is 1. The minimum absolute atomic E-state index is 0.377. The first-order valence-corrected chi connectivity index (χ1v) is 7.30. The molecular formula is C17H22N2O. The molecule has 3 N–H and O–H groups in total. The number of phenols is 1. The maximum Gasteiger partial charge on any atom is 0.120 e. The van der Waals surface area contributed by atoms with Crippen LogP contribution in [0.3, 0.4) is 0 Å². The van der Waals surface area contributed by atoms with Crippen LogP contribution in [0.15, 0.2) is 36.4 Å². The summed E-state index contributed by atoms with van der Waals surface area (Å²) in [4.78, 5) is 2.29. The van der Waals surface area contributed by atoms with E-state index in [0.717, 1.165) is 23.4 Å². The normalized spacial score (nSPS) is 16.8. The maximum atomic E-state index is 10.2. The second kappa shape index (κ2) is 5.43. The minimum Gasteiger partial charge on any atom is -0.508 e. The van der Waals surface area contributed by atoms with Crippen molar-refractivity contribution in [2.45, 2.75) is 25.4 Å². The standard InChI is InChI=1S/C17H22N2O/c1-19(16(10-18)13-6-7-13)11-15-14-5-3-2-4-12(14)8-9-17(15)20/h2-5,8-9,13,16,20H,6-7,10-11,18H2,1H3. The molecule has 20 heavy (non-hydrogen) atoms. The summed E-state index contributed by atoms with van der Waals surface area (Å²) >= 11 is 0. The molecule has 3 nitrogen and oxygen atoms in total. The van der Waals surface area contributed by atoms with E-state index in [-0.39, 0.29) is 0 Å². The van der Waals surface area contributed by atoms with Gasteiger partial charge < -0.3 is 10.8 Å². The van der Waals surface area contributed by atoms with Gasteiger partial charge in [-0.3, -0.25) is 4.90 Å². The molecule has 0 aromatic heterocycles. The molecule has 0 spiro atoms. The Morgan fingerprint density at radius 3 is 2.70 bits per heavy atom. The summed E-state index contributed by atoms with van der Waals surface area (Å²) in [6.07, 6.45) is 2.57. The van der Waals surface area contributed by atoms with Gasteiger partial charge in [-0.25, -0.2) is 0 Å². The van der Waals surface area contributed by atoms with Gasteiger partial charge in [0.05, 0.1) is 0 Å². The summed E-state index contributed by atoms with van der Waals surface area (Å²) in [7, 11) is 2.11. The molecule has 106 valence electrons. The van der Waals surface area contributed by atoms with E-state index in [9.17, 15) is 5.11 Å². The van der Waals surface area contributed by atoms with Gasteiger partial charge in [0.15, 0.2) is 0 Å². The molecule has 0 aliphatic heterocycles. The second-order valence-electron chi connectivity index (χ2n) is 5.84. The van der Waals surface area contributed by atoms with Crippen molar-refractivity contribution in [3.05, 3.63) is 42.0 Å². The molecule has 1 unspecified atom stereocenters. The molecule has 1 aliphatic carbocycles. The molecule has 3 rings (SSSR count). The second-order valence-corrected chi connectivity index (χ2v) is 5.84. The quantitative estimate of drug-likeness (QED) is 0.878. The molecule has 1 fully saturated rings. The molecule has 0 saturated heterocycles. The van der Waals surface area contributed by atoms with E-state index in [1.165, 1.54) is 18.2 Å². The Bertz CT molecular complexity index is 607. The molecule has 0 radical (unpaired) electrons. The van der Waals surface area contributed by atoms with Crippen molar-refractivity contribution in [1.82, 2.24) is 4.90 Å². The first-order chi connectivity index (χ1) is 9.70.